The summed E-state index contributed by atoms with van der Waals surface area (Å²) in [6, 6.07) is 9.54. The third-order valence-corrected chi connectivity index (χ3v) is 2.45. The van der Waals surface area contributed by atoms with Gasteiger partial charge in [0.15, 0.2) is 0 Å². The molecule has 5 heteroatoms. The first-order chi connectivity index (χ1) is 7.63. The first-order valence-corrected chi connectivity index (χ1v) is 5.56. The molecule has 1 aromatic heterocycles. The Kier molecular flexibility index (Phi) is 3.05. The molecule has 0 amide bonds. The molecule has 3 N–H and O–H groups in total. The molecule has 2 rings (SSSR count). The fraction of sp³-hybridized carbons (Fsp3) is 0.0909. The van der Waals surface area contributed by atoms with Crippen LogP contribution in [0.4, 0.5) is 17.3 Å². The van der Waals surface area contributed by atoms with E-state index in [-0.39, 0.29) is 0 Å². The average molecular weight is 279 g/mol. The third kappa shape index (κ3) is 2.70. The van der Waals surface area contributed by atoms with E-state index in [1.807, 2.05) is 31.2 Å². The number of aromatic nitrogens is 2. The highest BCUT2D eigenvalue weighted by Gasteiger charge is 2.00. The molecule has 0 unspecified atom stereocenters. The summed E-state index contributed by atoms with van der Waals surface area (Å²) in [6.07, 6.45) is 0. The molecule has 0 bridgehead atoms. The van der Waals surface area contributed by atoms with Crippen molar-refractivity contribution in [1.29, 1.82) is 0 Å². The maximum Gasteiger partial charge on any atom is 0.136 e. The number of nitrogens with two attached hydrogens (primary N) is 1. The molecule has 0 radical (unpaired) electrons. The maximum atomic E-state index is 5.64. The number of nitrogens with zero attached hydrogens (tertiary/aromatic N) is 2. The highest BCUT2D eigenvalue weighted by Crippen LogP contribution is 2.19. The lowest BCUT2D eigenvalue weighted by Gasteiger charge is -2.07. The highest BCUT2D eigenvalue weighted by molar-refractivity contribution is 9.10. The minimum Gasteiger partial charge on any atom is -0.384 e. The second-order valence-electron chi connectivity index (χ2n) is 3.36. The lowest BCUT2D eigenvalue weighted by Crippen LogP contribution is -2.00. The Bertz CT molecular complexity index is 493. The number of hydrogen-bond donors (Lipinski definition) is 2. The van der Waals surface area contributed by atoms with Gasteiger partial charge in [0.05, 0.1) is 0 Å². The van der Waals surface area contributed by atoms with Crippen LogP contribution in [-0.2, 0) is 0 Å². The molecule has 0 fully saturated rings. The van der Waals surface area contributed by atoms with Crippen LogP contribution in [0.1, 0.15) is 5.82 Å². The molecule has 1 aromatic carbocycles. The topological polar surface area (TPSA) is 63.8 Å². The van der Waals surface area contributed by atoms with E-state index in [9.17, 15) is 0 Å². The van der Waals surface area contributed by atoms with E-state index >= 15 is 0 Å². The van der Waals surface area contributed by atoms with Crippen molar-refractivity contribution in [3.63, 3.8) is 0 Å². The van der Waals surface area contributed by atoms with Crippen LogP contribution in [0.25, 0.3) is 0 Å². The summed E-state index contributed by atoms with van der Waals surface area (Å²) in [5.41, 5.74) is 6.59. The molecular weight excluding hydrogens is 268 g/mol. The zero-order chi connectivity index (χ0) is 11.5. The first-order valence-electron chi connectivity index (χ1n) is 4.77. The van der Waals surface area contributed by atoms with Crippen molar-refractivity contribution in [3.05, 3.63) is 40.6 Å². The lowest BCUT2D eigenvalue weighted by molar-refractivity contribution is 1.06. The number of hydrogen-bond acceptors (Lipinski definition) is 4. The van der Waals surface area contributed by atoms with Gasteiger partial charge < -0.3 is 11.1 Å². The van der Waals surface area contributed by atoms with Crippen molar-refractivity contribution in [2.24, 2.45) is 0 Å². The highest BCUT2D eigenvalue weighted by atomic mass is 79.9. The SMILES string of the molecule is Cc1nc(N)cc(Nc2cccc(Br)c2)n1. The summed E-state index contributed by atoms with van der Waals surface area (Å²) >= 11 is 3.41. The summed E-state index contributed by atoms with van der Waals surface area (Å²) in [5.74, 6) is 1.81. The van der Waals surface area contributed by atoms with Crippen molar-refractivity contribution in [1.82, 2.24) is 9.97 Å². The molecular formula is C11H11BrN4. The van der Waals surface area contributed by atoms with Crippen LogP contribution >= 0.6 is 15.9 Å². The molecule has 0 saturated heterocycles. The monoisotopic (exact) mass is 278 g/mol. The van der Waals surface area contributed by atoms with Crippen LogP contribution in [0.3, 0.4) is 0 Å². The van der Waals surface area contributed by atoms with Gasteiger partial charge in [-0.05, 0) is 25.1 Å². The molecule has 1 heterocycles. The molecule has 0 spiro atoms. The van der Waals surface area contributed by atoms with E-state index in [0.717, 1.165) is 10.2 Å². The molecule has 0 aliphatic rings. The average Bonchev–Trinajstić information content (AvgIpc) is 2.15. The Labute approximate surface area is 102 Å². The van der Waals surface area contributed by atoms with Gasteiger partial charge in [0.1, 0.15) is 17.5 Å². The normalized spacial score (nSPS) is 10.1. The molecule has 2 aromatic rings. The number of aryl methyl sites for hydroxylation is 1. The molecule has 0 aliphatic heterocycles. The van der Waals surface area contributed by atoms with E-state index in [0.29, 0.717) is 17.5 Å². The quantitative estimate of drug-likeness (QED) is 0.887. The van der Waals surface area contributed by atoms with Crippen molar-refractivity contribution < 1.29 is 0 Å². The predicted molar refractivity (Wildman–Crippen MR) is 68.6 cm³/mol. The minimum atomic E-state index is 0.463. The van der Waals surface area contributed by atoms with Crippen LogP contribution < -0.4 is 11.1 Å². The van der Waals surface area contributed by atoms with Crippen LogP contribution in [-0.4, -0.2) is 9.97 Å². The lowest BCUT2D eigenvalue weighted by atomic mass is 10.3. The van der Waals surface area contributed by atoms with Gasteiger partial charge in [-0.2, -0.15) is 0 Å². The Morgan fingerprint density at radius 3 is 2.75 bits per heavy atom. The Morgan fingerprint density at radius 1 is 1.25 bits per heavy atom. The number of anilines is 3. The maximum absolute atomic E-state index is 5.64. The summed E-state index contributed by atoms with van der Waals surface area (Å²) in [6.45, 7) is 1.81. The van der Waals surface area contributed by atoms with E-state index in [1.54, 1.807) is 6.07 Å². The van der Waals surface area contributed by atoms with Crippen molar-refractivity contribution in [2.75, 3.05) is 11.1 Å². The fourth-order valence-corrected chi connectivity index (χ4v) is 1.77. The standard InChI is InChI=1S/C11H11BrN4/c1-7-14-10(13)6-11(15-7)16-9-4-2-3-8(12)5-9/h2-6H,1H3,(H3,13,14,15,16). The Balaban J connectivity index is 2.27. The van der Waals surface area contributed by atoms with E-state index in [2.05, 4.69) is 31.2 Å². The van der Waals surface area contributed by atoms with Gasteiger partial charge in [-0.25, -0.2) is 9.97 Å². The molecule has 16 heavy (non-hydrogen) atoms. The largest absolute Gasteiger partial charge is 0.384 e. The summed E-state index contributed by atoms with van der Waals surface area (Å²) < 4.78 is 1.01. The van der Waals surface area contributed by atoms with E-state index in [1.165, 1.54) is 0 Å². The second kappa shape index (κ2) is 4.49. The van der Waals surface area contributed by atoms with Crippen LogP contribution in [0.15, 0.2) is 34.8 Å². The van der Waals surface area contributed by atoms with Crippen molar-refractivity contribution in [3.8, 4) is 0 Å². The van der Waals surface area contributed by atoms with Crippen LogP contribution in [0.5, 0.6) is 0 Å². The summed E-state index contributed by atoms with van der Waals surface area (Å²) in [5, 5.41) is 3.17. The number of nitrogens with one attached hydrogen (secondary N) is 1. The number of nitrogen functional groups attached to an aromatic ring is 1. The first kappa shape index (κ1) is 10.9. The third-order valence-electron chi connectivity index (χ3n) is 1.95. The van der Waals surface area contributed by atoms with Gasteiger partial charge in [0.2, 0.25) is 0 Å². The zero-order valence-electron chi connectivity index (χ0n) is 8.74. The summed E-state index contributed by atoms with van der Waals surface area (Å²) in [4.78, 5) is 8.25. The van der Waals surface area contributed by atoms with Crippen LogP contribution in [0, 0.1) is 6.92 Å². The van der Waals surface area contributed by atoms with Gasteiger partial charge in [-0.3, -0.25) is 0 Å². The van der Waals surface area contributed by atoms with Crippen LogP contribution in [0.2, 0.25) is 0 Å². The predicted octanol–water partition coefficient (Wildman–Crippen LogP) is 2.87. The molecule has 0 saturated carbocycles. The summed E-state index contributed by atoms with van der Waals surface area (Å²) in [7, 11) is 0. The molecule has 4 nitrogen and oxygen atoms in total. The smallest absolute Gasteiger partial charge is 0.136 e. The van der Waals surface area contributed by atoms with Gasteiger partial charge >= 0.3 is 0 Å². The molecule has 0 atom stereocenters. The second-order valence-corrected chi connectivity index (χ2v) is 4.28. The van der Waals surface area contributed by atoms with Crippen molar-refractivity contribution in [2.45, 2.75) is 6.92 Å². The van der Waals surface area contributed by atoms with Gasteiger partial charge in [-0.15, -0.1) is 0 Å². The number of rotatable bonds is 2. The Morgan fingerprint density at radius 2 is 2.06 bits per heavy atom. The Hall–Kier alpha value is -1.62. The molecule has 82 valence electrons. The van der Waals surface area contributed by atoms with Gasteiger partial charge in [0, 0.05) is 16.2 Å². The fourth-order valence-electron chi connectivity index (χ4n) is 1.37. The minimum absolute atomic E-state index is 0.463. The van der Waals surface area contributed by atoms with E-state index in [4.69, 9.17) is 5.73 Å². The number of benzene rings is 1. The zero-order valence-corrected chi connectivity index (χ0v) is 10.3. The van der Waals surface area contributed by atoms with E-state index < -0.39 is 0 Å². The van der Waals surface area contributed by atoms with Crippen molar-refractivity contribution >= 4 is 33.3 Å². The van der Waals surface area contributed by atoms with Gasteiger partial charge in [-0.1, -0.05) is 22.0 Å². The molecule has 0 aliphatic carbocycles. The van der Waals surface area contributed by atoms with Gasteiger partial charge in [0.25, 0.3) is 0 Å². The number of halogens is 1.